The summed E-state index contributed by atoms with van der Waals surface area (Å²) in [5, 5.41) is 0. The molecule has 0 radical (unpaired) electrons. The number of nitrogen functional groups attached to an aromatic ring is 1. The van der Waals surface area contributed by atoms with E-state index in [1.165, 1.54) is 6.07 Å². The van der Waals surface area contributed by atoms with Gasteiger partial charge in [0, 0.05) is 30.4 Å². The van der Waals surface area contributed by atoms with Gasteiger partial charge in [0.25, 0.3) is 0 Å². The largest absolute Gasteiger partial charge is 0.496 e. The lowest BCUT2D eigenvalue weighted by Gasteiger charge is -2.18. The Balaban J connectivity index is 2.06. The summed E-state index contributed by atoms with van der Waals surface area (Å²) in [4.78, 5) is 2.10. The molecule has 0 fully saturated rings. The van der Waals surface area contributed by atoms with Crippen LogP contribution in [-0.2, 0) is 13.1 Å². The van der Waals surface area contributed by atoms with E-state index in [1.54, 1.807) is 19.2 Å². The predicted molar refractivity (Wildman–Crippen MR) is 79.0 cm³/mol. The number of hydrogen-bond donors (Lipinski definition) is 1. The highest BCUT2D eigenvalue weighted by atomic mass is 19.1. The van der Waals surface area contributed by atoms with Crippen LogP contribution in [0.2, 0.25) is 0 Å². The lowest BCUT2D eigenvalue weighted by atomic mass is 10.1. The molecule has 3 nitrogen and oxygen atoms in total. The van der Waals surface area contributed by atoms with Crippen LogP contribution in [-0.4, -0.2) is 19.1 Å². The van der Waals surface area contributed by atoms with Crippen molar-refractivity contribution in [2.45, 2.75) is 13.1 Å². The van der Waals surface area contributed by atoms with Crippen LogP contribution in [0.1, 0.15) is 11.1 Å². The van der Waals surface area contributed by atoms with Crippen LogP contribution in [0.3, 0.4) is 0 Å². The van der Waals surface area contributed by atoms with Gasteiger partial charge in [-0.2, -0.15) is 0 Å². The second-order valence-electron chi connectivity index (χ2n) is 4.87. The highest BCUT2D eigenvalue weighted by Gasteiger charge is 2.08. The molecule has 0 atom stereocenters. The normalized spacial score (nSPS) is 10.8. The molecule has 0 saturated heterocycles. The van der Waals surface area contributed by atoms with E-state index in [-0.39, 0.29) is 5.82 Å². The van der Waals surface area contributed by atoms with Gasteiger partial charge in [-0.3, -0.25) is 4.90 Å². The molecule has 0 bridgehead atoms. The molecule has 2 N–H and O–H groups in total. The maximum absolute atomic E-state index is 13.2. The fourth-order valence-corrected chi connectivity index (χ4v) is 2.19. The zero-order valence-electron chi connectivity index (χ0n) is 11.8. The van der Waals surface area contributed by atoms with Gasteiger partial charge in [0.15, 0.2) is 0 Å². The van der Waals surface area contributed by atoms with E-state index in [9.17, 15) is 4.39 Å². The Morgan fingerprint density at radius 1 is 1.15 bits per heavy atom. The van der Waals surface area contributed by atoms with Crippen molar-refractivity contribution in [2.75, 3.05) is 19.9 Å². The summed E-state index contributed by atoms with van der Waals surface area (Å²) in [6.07, 6.45) is 0. The number of rotatable bonds is 5. The van der Waals surface area contributed by atoms with Gasteiger partial charge in [0.1, 0.15) is 11.6 Å². The molecular weight excluding hydrogens is 255 g/mol. The molecule has 0 amide bonds. The van der Waals surface area contributed by atoms with E-state index in [4.69, 9.17) is 10.5 Å². The number of methoxy groups -OCH3 is 1. The van der Waals surface area contributed by atoms with Gasteiger partial charge in [-0.1, -0.05) is 18.2 Å². The molecule has 0 heterocycles. The molecule has 2 rings (SSSR count). The highest BCUT2D eigenvalue weighted by molar-refractivity contribution is 5.48. The summed E-state index contributed by atoms with van der Waals surface area (Å²) < 4.78 is 18.5. The molecule has 0 aromatic heterocycles. The van der Waals surface area contributed by atoms with Crippen molar-refractivity contribution in [3.63, 3.8) is 0 Å². The summed E-state index contributed by atoms with van der Waals surface area (Å²) in [6, 6.07) is 12.3. The third-order valence-corrected chi connectivity index (χ3v) is 3.09. The van der Waals surface area contributed by atoms with Crippen LogP contribution >= 0.6 is 0 Å². The van der Waals surface area contributed by atoms with E-state index in [2.05, 4.69) is 4.90 Å². The number of hydrogen-bond acceptors (Lipinski definition) is 3. The van der Waals surface area contributed by atoms with Crippen molar-refractivity contribution < 1.29 is 9.13 Å². The lowest BCUT2D eigenvalue weighted by Crippen LogP contribution is -2.17. The Labute approximate surface area is 118 Å². The van der Waals surface area contributed by atoms with Gasteiger partial charge < -0.3 is 10.5 Å². The van der Waals surface area contributed by atoms with Crippen molar-refractivity contribution in [1.29, 1.82) is 0 Å². The fourth-order valence-electron chi connectivity index (χ4n) is 2.19. The zero-order chi connectivity index (χ0) is 14.5. The number of nitrogens with zero attached hydrogens (tertiary/aromatic N) is 1. The van der Waals surface area contributed by atoms with E-state index in [0.29, 0.717) is 18.8 Å². The van der Waals surface area contributed by atoms with Crippen LogP contribution in [0.15, 0.2) is 42.5 Å². The molecule has 0 spiro atoms. The predicted octanol–water partition coefficient (Wildman–Crippen LogP) is 3.05. The first-order chi connectivity index (χ1) is 9.58. The summed E-state index contributed by atoms with van der Waals surface area (Å²) in [5.74, 6) is 0.567. The van der Waals surface area contributed by atoms with E-state index in [0.717, 1.165) is 16.9 Å². The molecule has 0 aliphatic carbocycles. The first-order valence-corrected chi connectivity index (χ1v) is 6.44. The number of benzene rings is 2. The Morgan fingerprint density at radius 2 is 1.95 bits per heavy atom. The minimum atomic E-state index is -0.207. The minimum absolute atomic E-state index is 0.207. The molecular formula is C16H19FN2O. The van der Waals surface area contributed by atoms with Crippen LogP contribution < -0.4 is 10.5 Å². The number of halogens is 1. The van der Waals surface area contributed by atoms with Gasteiger partial charge in [0.2, 0.25) is 0 Å². The molecule has 0 saturated carbocycles. The van der Waals surface area contributed by atoms with E-state index < -0.39 is 0 Å². The molecule has 2 aromatic rings. The monoisotopic (exact) mass is 274 g/mol. The molecule has 0 unspecified atom stereocenters. The summed E-state index contributed by atoms with van der Waals surface area (Å²) in [7, 11) is 3.62. The van der Waals surface area contributed by atoms with Crippen LogP contribution in [0.5, 0.6) is 5.75 Å². The van der Waals surface area contributed by atoms with Crippen LogP contribution in [0.25, 0.3) is 0 Å². The number of nitrogens with two attached hydrogens (primary N) is 1. The summed E-state index contributed by atoms with van der Waals surface area (Å²) >= 11 is 0. The number of anilines is 1. The minimum Gasteiger partial charge on any atom is -0.496 e. The molecule has 4 heteroatoms. The second kappa shape index (κ2) is 6.39. The van der Waals surface area contributed by atoms with Crippen LogP contribution in [0, 0.1) is 5.82 Å². The maximum Gasteiger partial charge on any atom is 0.125 e. The van der Waals surface area contributed by atoms with E-state index >= 15 is 0 Å². The molecule has 20 heavy (non-hydrogen) atoms. The highest BCUT2D eigenvalue weighted by Crippen LogP contribution is 2.23. The Bertz CT molecular complexity index is 586. The van der Waals surface area contributed by atoms with E-state index in [1.807, 2.05) is 31.3 Å². The van der Waals surface area contributed by atoms with Crippen molar-refractivity contribution in [3.8, 4) is 5.75 Å². The standard InChI is InChI=1S/C16H19FN2O/c1-19(10-12-4-3-5-14(17)8-12)11-13-6-7-15(18)9-16(13)20-2/h3-9H,10-11,18H2,1-2H3. The zero-order valence-corrected chi connectivity index (χ0v) is 11.8. The summed E-state index contributed by atoms with van der Waals surface area (Å²) in [5.41, 5.74) is 8.42. The third kappa shape index (κ3) is 3.71. The second-order valence-corrected chi connectivity index (χ2v) is 4.87. The van der Waals surface area contributed by atoms with Gasteiger partial charge >= 0.3 is 0 Å². The van der Waals surface area contributed by atoms with Gasteiger partial charge in [-0.15, -0.1) is 0 Å². The smallest absolute Gasteiger partial charge is 0.125 e. The fraction of sp³-hybridized carbons (Fsp3) is 0.250. The first kappa shape index (κ1) is 14.3. The Morgan fingerprint density at radius 3 is 2.65 bits per heavy atom. The average Bonchev–Trinajstić information content (AvgIpc) is 2.40. The van der Waals surface area contributed by atoms with Gasteiger partial charge in [0.05, 0.1) is 7.11 Å². The SMILES string of the molecule is COc1cc(N)ccc1CN(C)Cc1cccc(F)c1. The number of ether oxygens (including phenoxy) is 1. The van der Waals surface area contributed by atoms with Crippen molar-refractivity contribution in [1.82, 2.24) is 4.90 Å². The Hall–Kier alpha value is -2.07. The van der Waals surface area contributed by atoms with Crippen LogP contribution in [0.4, 0.5) is 10.1 Å². The summed E-state index contributed by atoms with van der Waals surface area (Å²) in [6.45, 7) is 1.38. The molecule has 106 valence electrons. The van der Waals surface area contributed by atoms with Crippen molar-refractivity contribution in [2.24, 2.45) is 0 Å². The molecule has 0 aliphatic heterocycles. The third-order valence-electron chi connectivity index (χ3n) is 3.09. The quantitative estimate of drug-likeness (QED) is 0.852. The first-order valence-electron chi connectivity index (χ1n) is 6.44. The van der Waals surface area contributed by atoms with Crippen molar-refractivity contribution >= 4 is 5.69 Å². The molecule has 2 aromatic carbocycles. The Kier molecular flexibility index (Phi) is 4.58. The average molecular weight is 274 g/mol. The van der Waals surface area contributed by atoms with Crippen molar-refractivity contribution in [3.05, 3.63) is 59.4 Å². The van der Waals surface area contributed by atoms with Gasteiger partial charge in [-0.25, -0.2) is 4.39 Å². The lowest BCUT2D eigenvalue weighted by molar-refractivity contribution is 0.309. The van der Waals surface area contributed by atoms with Gasteiger partial charge in [-0.05, 0) is 30.8 Å². The molecule has 0 aliphatic rings. The maximum atomic E-state index is 13.2. The topological polar surface area (TPSA) is 38.5 Å².